The maximum absolute atomic E-state index is 10.4. The molecule has 1 saturated carbocycles. The maximum Gasteiger partial charge on any atom is 0.0901 e. The van der Waals surface area contributed by atoms with E-state index in [1.54, 1.807) is 0 Å². The molecule has 1 aliphatic rings. The van der Waals surface area contributed by atoms with Crippen LogP contribution in [0.25, 0.3) is 0 Å². The summed E-state index contributed by atoms with van der Waals surface area (Å²) in [4.78, 5) is 3.00. The van der Waals surface area contributed by atoms with Crippen molar-refractivity contribution < 1.29 is 5.11 Å². The molecule has 82 valence electrons. The largest absolute Gasteiger partial charge is 0.387 e. The molecule has 1 atom stereocenters. The lowest BCUT2D eigenvalue weighted by Gasteiger charge is -2.22. The highest BCUT2D eigenvalue weighted by atomic mass is 16.3. The number of hydrogen-bond acceptors (Lipinski definition) is 1. The fourth-order valence-corrected chi connectivity index (χ4v) is 2.45. The molecule has 2 heteroatoms. The van der Waals surface area contributed by atoms with E-state index in [-0.39, 0.29) is 11.5 Å². The zero-order valence-corrected chi connectivity index (χ0v) is 9.06. The van der Waals surface area contributed by atoms with Crippen LogP contribution in [0.15, 0.2) is 48.8 Å². The van der Waals surface area contributed by atoms with Gasteiger partial charge in [0.05, 0.1) is 6.10 Å². The Morgan fingerprint density at radius 3 is 2.44 bits per heavy atom. The minimum atomic E-state index is -0.388. The minimum absolute atomic E-state index is 0.0382. The molecule has 2 N–H and O–H groups in total. The zero-order chi connectivity index (χ0) is 11.0. The van der Waals surface area contributed by atoms with Gasteiger partial charge in [-0.25, -0.2) is 0 Å². The summed E-state index contributed by atoms with van der Waals surface area (Å²) >= 11 is 0. The normalized spacial score (nSPS) is 19.3. The molecule has 1 heterocycles. The third kappa shape index (κ3) is 1.38. The Balaban J connectivity index is 1.95. The highest BCUT2D eigenvalue weighted by molar-refractivity contribution is 5.36. The van der Waals surface area contributed by atoms with Gasteiger partial charge in [0.25, 0.3) is 0 Å². The number of nitrogens with one attached hydrogen (secondary N) is 1. The van der Waals surface area contributed by atoms with Crippen molar-refractivity contribution in [2.45, 2.75) is 24.4 Å². The molecule has 0 aliphatic heterocycles. The number of aliphatic hydroxyl groups is 1. The van der Waals surface area contributed by atoms with E-state index in [0.29, 0.717) is 0 Å². The monoisotopic (exact) mass is 213 g/mol. The van der Waals surface area contributed by atoms with E-state index >= 15 is 0 Å². The van der Waals surface area contributed by atoms with Crippen LogP contribution in [-0.2, 0) is 5.41 Å². The van der Waals surface area contributed by atoms with Crippen molar-refractivity contribution in [3.8, 4) is 0 Å². The molecule has 3 rings (SSSR count). The summed E-state index contributed by atoms with van der Waals surface area (Å²) in [7, 11) is 0. The molecule has 1 unspecified atom stereocenters. The number of aliphatic hydroxyl groups excluding tert-OH is 1. The van der Waals surface area contributed by atoms with E-state index in [0.717, 1.165) is 18.4 Å². The summed E-state index contributed by atoms with van der Waals surface area (Å²) in [6.07, 6.45) is 5.50. The van der Waals surface area contributed by atoms with Gasteiger partial charge in [0.2, 0.25) is 0 Å². The van der Waals surface area contributed by atoms with E-state index in [9.17, 15) is 5.11 Å². The highest BCUT2D eigenvalue weighted by Gasteiger charge is 2.50. The first-order valence-electron chi connectivity index (χ1n) is 5.69. The third-order valence-corrected chi connectivity index (χ3v) is 3.60. The van der Waals surface area contributed by atoms with Crippen LogP contribution in [-0.4, -0.2) is 10.1 Å². The molecule has 2 aromatic rings. The molecular weight excluding hydrogens is 198 g/mol. The molecule has 0 radical (unpaired) electrons. The average Bonchev–Trinajstić information content (AvgIpc) is 2.97. The van der Waals surface area contributed by atoms with Crippen LogP contribution >= 0.6 is 0 Å². The molecule has 0 saturated heterocycles. The first kappa shape index (κ1) is 9.67. The van der Waals surface area contributed by atoms with E-state index in [2.05, 4.69) is 17.1 Å². The second-order valence-electron chi connectivity index (χ2n) is 4.57. The van der Waals surface area contributed by atoms with Crippen molar-refractivity contribution in [3.05, 3.63) is 59.9 Å². The topological polar surface area (TPSA) is 36.0 Å². The van der Waals surface area contributed by atoms with Gasteiger partial charge in [-0.1, -0.05) is 30.3 Å². The van der Waals surface area contributed by atoms with Crippen LogP contribution in [0.3, 0.4) is 0 Å². The zero-order valence-electron chi connectivity index (χ0n) is 9.06. The minimum Gasteiger partial charge on any atom is -0.387 e. The van der Waals surface area contributed by atoms with Gasteiger partial charge in [-0.05, 0) is 30.0 Å². The Bertz CT molecular complexity index is 457. The van der Waals surface area contributed by atoms with Gasteiger partial charge in [-0.2, -0.15) is 0 Å². The van der Waals surface area contributed by atoms with E-state index in [1.807, 2.05) is 36.7 Å². The first-order valence-corrected chi connectivity index (χ1v) is 5.69. The number of hydrogen-bond donors (Lipinski definition) is 2. The first-order chi connectivity index (χ1) is 7.83. The Morgan fingerprint density at radius 1 is 1.12 bits per heavy atom. The Morgan fingerprint density at radius 2 is 1.88 bits per heavy atom. The van der Waals surface area contributed by atoms with Gasteiger partial charge >= 0.3 is 0 Å². The molecular formula is C14H15NO. The molecule has 0 spiro atoms. The van der Waals surface area contributed by atoms with E-state index in [4.69, 9.17) is 0 Å². The molecule has 1 aromatic carbocycles. The fourth-order valence-electron chi connectivity index (χ4n) is 2.45. The SMILES string of the molecule is OC(c1cc[nH]c1)C1(c2ccccc2)CC1. The summed E-state index contributed by atoms with van der Waals surface area (Å²) in [5.74, 6) is 0. The molecule has 0 amide bonds. The van der Waals surface area contributed by atoms with Gasteiger partial charge in [-0.15, -0.1) is 0 Å². The quantitative estimate of drug-likeness (QED) is 0.808. The van der Waals surface area contributed by atoms with Crippen LogP contribution in [0.2, 0.25) is 0 Å². The molecule has 1 aromatic heterocycles. The van der Waals surface area contributed by atoms with Crippen LogP contribution in [0.4, 0.5) is 0 Å². The predicted octanol–water partition coefficient (Wildman–Crippen LogP) is 2.78. The number of H-pyrrole nitrogens is 1. The average molecular weight is 213 g/mol. The summed E-state index contributed by atoms with van der Waals surface area (Å²) < 4.78 is 0. The summed E-state index contributed by atoms with van der Waals surface area (Å²) in [6, 6.07) is 12.3. The molecule has 2 nitrogen and oxygen atoms in total. The molecule has 16 heavy (non-hydrogen) atoms. The lowest BCUT2D eigenvalue weighted by Crippen LogP contribution is -2.17. The smallest absolute Gasteiger partial charge is 0.0901 e. The number of benzene rings is 1. The summed E-state index contributed by atoms with van der Waals surface area (Å²) in [6.45, 7) is 0. The van der Waals surface area contributed by atoms with Crippen LogP contribution in [0.1, 0.15) is 30.1 Å². The van der Waals surface area contributed by atoms with Gasteiger partial charge in [0.15, 0.2) is 0 Å². The number of aromatic amines is 1. The molecule has 0 bridgehead atoms. The van der Waals surface area contributed by atoms with Crippen molar-refractivity contribution in [1.29, 1.82) is 0 Å². The Hall–Kier alpha value is -1.54. The van der Waals surface area contributed by atoms with E-state index in [1.165, 1.54) is 5.56 Å². The lowest BCUT2D eigenvalue weighted by atomic mass is 9.87. The molecule has 1 fully saturated rings. The van der Waals surface area contributed by atoms with Gasteiger partial charge in [-0.3, -0.25) is 0 Å². The van der Waals surface area contributed by atoms with Crippen LogP contribution in [0, 0.1) is 0 Å². The maximum atomic E-state index is 10.4. The second-order valence-corrected chi connectivity index (χ2v) is 4.57. The van der Waals surface area contributed by atoms with Gasteiger partial charge < -0.3 is 10.1 Å². The summed E-state index contributed by atoms with van der Waals surface area (Å²) in [5, 5.41) is 10.4. The van der Waals surface area contributed by atoms with Gasteiger partial charge in [0, 0.05) is 17.8 Å². The third-order valence-electron chi connectivity index (χ3n) is 3.60. The number of aromatic nitrogens is 1. The van der Waals surface area contributed by atoms with Crippen LogP contribution in [0.5, 0.6) is 0 Å². The standard InChI is InChI=1S/C14H15NO/c16-13(11-6-9-15-10-11)14(7-8-14)12-4-2-1-3-5-12/h1-6,9-10,13,15-16H,7-8H2. The van der Waals surface area contributed by atoms with E-state index < -0.39 is 0 Å². The Kier molecular flexibility index (Phi) is 2.11. The highest BCUT2D eigenvalue weighted by Crippen LogP contribution is 2.56. The van der Waals surface area contributed by atoms with Crippen molar-refractivity contribution in [3.63, 3.8) is 0 Å². The van der Waals surface area contributed by atoms with Crippen molar-refractivity contribution in [2.75, 3.05) is 0 Å². The van der Waals surface area contributed by atoms with Crippen LogP contribution < -0.4 is 0 Å². The molecule has 1 aliphatic carbocycles. The summed E-state index contributed by atoms with van der Waals surface area (Å²) in [5.41, 5.74) is 2.20. The van der Waals surface area contributed by atoms with Gasteiger partial charge in [0.1, 0.15) is 0 Å². The van der Waals surface area contributed by atoms with Crippen molar-refractivity contribution >= 4 is 0 Å². The van der Waals surface area contributed by atoms with Crippen molar-refractivity contribution in [1.82, 2.24) is 4.98 Å². The Labute approximate surface area is 94.9 Å². The lowest BCUT2D eigenvalue weighted by molar-refractivity contribution is 0.133. The predicted molar refractivity (Wildman–Crippen MR) is 63.1 cm³/mol. The fraction of sp³-hybridized carbons (Fsp3) is 0.286. The number of rotatable bonds is 3. The second kappa shape index (κ2) is 3.49. The van der Waals surface area contributed by atoms with Crippen molar-refractivity contribution in [2.24, 2.45) is 0 Å².